The number of carbonyl (C=O) groups is 1. The molecule has 13 heavy (non-hydrogen) atoms. The van der Waals surface area contributed by atoms with Crippen LogP contribution in [0.4, 0.5) is 0 Å². The average Bonchev–Trinajstić information content (AvgIpc) is 2.03. The van der Waals surface area contributed by atoms with Crippen molar-refractivity contribution in [3.05, 3.63) is 24.0 Å². The number of carboxylic acids is 1. The van der Waals surface area contributed by atoms with Crippen molar-refractivity contribution < 1.29 is 29.2 Å². The molecule has 1 rings (SSSR count). The van der Waals surface area contributed by atoms with Crippen molar-refractivity contribution in [1.29, 1.82) is 0 Å². The second-order valence-electron chi connectivity index (χ2n) is 2.29. The van der Waals surface area contributed by atoms with Crippen molar-refractivity contribution in [3.63, 3.8) is 0 Å². The summed E-state index contributed by atoms with van der Waals surface area (Å²) < 4.78 is 10.5. The molecule has 7 heteroatoms. The first-order chi connectivity index (χ1) is 5.91. The average molecular weight is 203 g/mol. The standard InChI is InChI=1S/C6H6NO5P/c8-6(9)5-2-1-4(3-7-5)13(10,11)12/h1-3H,(H,8,9)(H2,10,11,12). The van der Waals surface area contributed by atoms with E-state index in [-0.39, 0.29) is 11.0 Å². The van der Waals surface area contributed by atoms with Crippen LogP contribution in [0.25, 0.3) is 0 Å². The van der Waals surface area contributed by atoms with E-state index in [1.54, 1.807) is 0 Å². The van der Waals surface area contributed by atoms with E-state index in [9.17, 15) is 14.3 Å². The summed E-state index contributed by atoms with van der Waals surface area (Å²) in [5.74, 6) is -1.20. The maximum absolute atomic E-state index is 10.5. The second kappa shape index (κ2) is 3.26. The van der Waals surface area contributed by atoms with Crippen LogP contribution in [-0.4, -0.2) is 16.0 Å². The first-order valence-corrected chi connectivity index (χ1v) is 4.78. The van der Waals surface area contributed by atoms with Crippen LogP contribution in [0.1, 0.15) is 10.5 Å². The molecule has 1 heterocycles. The van der Waals surface area contributed by atoms with Gasteiger partial charge < -0.3 is 19.5 Å². The van der Waals surface area contributed by atoms with Crippen LogP contribution in [0.3, 0.4) is 0 Å². The van der Waals surface area contributed by atoms with E-state index in [1.165, 1.54) is 0 Å². The fraction of sp³-hybridized carbons (Fsp3) is 0. The number of aromatic carboxylic acids is 1. The molecule has 70 valence electrons. The normalized spacial score (nSPS) is 14.9. The Labute approximate surface area is 73.0 Å². The van der Waals surface area contributed by atoms with Crippen molar-refractivity contribution in [3.8, 4) is 0 Å². The third-order valence-corrected chi connectivity index (χ3v) is 2.28. The van der Waals surface area contributed by atoms with E-state index < -0.39 is 13.6 Å². The van der Waals surface area contributed by atoms with Crippen molar-refractivity contribution in [2.45, 2.75) is 0 Å². The molecule has 1 aromatic rings. The Hall–Kier alpha value is -1.23. The summed E-state index contributed by atoms with van der Waals surface area (Å²) in [6, 6.07) is 2.06. The Bertz CT molecular complexity index is 367. The molecule has 1 atom stereocenters. The van der Waals surface area contributed by atoms with Gasteiger partial charge in [0.05, 0.1) is 5.30 Å². The molecule has 0 aliphatic carbocycles. The van der Waals surface area contributed by atoms with Gasteiger partial charge >= 0.3 is 5.97 Å². The number of H-pyrrole nitrogens is 1. The van der Waals surface area contributed by atoms with Gasteiger partial charge in [-0.15, -0.1) is 0 Å². The minimum absolute atomic E-state index is 0.155. The Morgan fingerprint density at radius 3 is 2.46 bits per heavy atom. The van der Waals surface area contributed by atoms with Crippen molar-refractivity contribution in [2.75, 3.05) is 0 Å². The van der Waals surface area contributed by atoms with Gasteiger partial charge in [-0.25, -0.2) is 9.78 Å². The zero-order chi connectivity index (χ0) is 10.1. The van der Waals surface area contributed by atoms with Gasteiger partial charge in [-0.3, -0.25) is 0 Å². The maximum atomic E-state index is 10.5. The van der Waals surface area contributed by atoms with Gasteiger partial charge in [-0.2, -0.15) is 0 Å². The number of rotatable bonds is 2. The number of nitrogens with one attached hydrogen (secondary N) is 1. The van der Waals surface area contributed by atoms with Crippen LogP contribution in [0.5, 0.6) is 0 Å². The van der Waals surface area contributed by atoms with Gasteiger partial charge in [0.1, 0.15) is 0 Å². The number of hydrogen-bond acceptors (Lipinski definition) is 3. The van der Waals surface area contributed by atoms with E-state index in [0.29, 0.717) is 0 Å². The Morgan fingerprint density at radius 1 is 1.54 bits per heavy atom. The number of carboxylic acid groups (broad SMARTS) is 1. The first kappa shape index (κ1) is 9.85. The van der Waals surface area contributed by atoms with Crippen molar-refractivity contribution in [1.82, 2.24) is 0 Å². The number of hydrogen-bond donors (Lipinski definition) is 2. The fourth-order valence-electron chi connectivity index (χ4n) is 0.725. The van der Waals surface area contributed by atoms with Crippen LogP contribution in [-0.2, 0) is 4.57 Å². The third-order valence-electron chi connectivity index (χ3n) is 1.35. The predicted octanol–water partition coefficient (Wildman–Crippen LogP) is -1.63. The molecule has 0 spiro atoms. The molecule has 0 amide bonds. The number of aromatic nitrogens is 1. The Morgan fingerprint density at radius 2 is 2.15 bits per heavy atom. The van der Waals surface area contributed by atoms with Gasteiger partial charge in [0.25, 0.3) is 5.69 Å². The molecule has 0 aliphatic heterocycles. The van der Waals surface area contributed by atoms with Crippen LogP contribution in [0.2, 0.25) is 0 Å². The van der Waals surface area contributed by atoms with Gasteiger partial charge in [-0.05, 0) is 6.07 Å². The summed E-state index contributed by atoms with van der Waals surface area (Å²) >= 11 is 0. The Balaban J connectivity index is 3.08. The molecule has 1 aromatic heterocycles. The second-order valence-corrected chi connectivity index (χ2v) is 3.84. The highest BCUT2D eigenvalue weighted by Crippen LogP contribution is 2.26. The molecule has 0 fully saturated rings. The lowest BCUT2D eigenvalue weighted by atomic mass is 10.4. The van der Waals surface area contributed by atoms with E-state index in [0.717, 1.165) is 18.3 Å². The monoisotopic (exact) mass is 203 g/mol. The topological polar surface area (TPSA) is 112 Å². The van der Waals surface area contributed by atoms with Crippen molar-refractivity contribution >= 4 is 18.9 Å². The maximum Gasteiger partial charge on any atom is 0.401 e. The highest BCUT2D eigenvalue weighted by atomic mass is 31.2. The lowest BCUT2D eigenvalue weighted by Crippen LogP contribution is -2.24. The van der Waals surface area contributed by atoms with Gasteiger partial charge in [0.15, 0.2) is 13.8 Å². The van der Waals surface area contributed by atoms with E-state index in [2.05, 4.69) is 4.98 Å². The lowest BCUT2D eigenvalue weighted by Gasteiger charge is -2.12. The summed E-state index contributed by atoms with van der Waals surface area (Å²) in [5, 5.41) is 8.09. The third kappa shape index (κ3) is 2.35. The molecule has 0 radical (unpaired) electrons. The molecular weight excluding hydrogens is 197 g/mol. The highest BCUT2D eigenvalue weighted by molar-refractivity contribution is 7.58. The smallest absolute Gasteiger partial charge is 0.401 e. The summed E-state index contributed by atoms with van der Waals surface area (Å²) in [6.07, 6.45) is 0.914. The largest absolute Gasteiger partial charge is 0.775 e. The zero-order valence-corrected chi connectivity index (χ0v) is 7.19. The molecule has 3 N–H and O–H groups in total. The van der Waals surface area contributed by atoms with E-state index >= 15 is 0 Å². The summed E-state index contributed by atoms with van der Waals surface area (Å²) in [6.45, 7) is 0. The fourth-order valence-corrected chi connectivity index (χ4v) is 1.22. The summed E-state index contributed by atoms with van der Waals surface area (Å²) in [4.78, 5) is 31.6. The molecule has 0 aliphatic rings. The highest BCUT2D eigenvalue weighted by Gasteiger charge is 2.14. The SMILES string of the molecule is O=C(O)c1ccc(P(=O)([O-])O)c[nH+]1. The first-order valence-electron chi connectivity index (χ1n) is 3.20. The lowest BCUT2D eigenvalue weighted by molar-refractivity contribution is -0.382. The molecular formula is C6H6NO5P. The molecule has 0 saturated heterocycles. The quantitative estimate of drug-likeness (QED) is 0.560. The van der Waals surface area contributed by atoms with Crippen LogP contribution in [0.15, 0.2) is 18.3 Å². The van der Waals surface area contributed by atoms with Crippen LogP contribution >= 0.6 is 7.60 Å². The molecule has 1 unspecified atom stereocenters. The summed E-state index contributed by atoms with van der Waals surface area (Å²) in [7, 11) is -4.54. The molecule has 0 aromatic carbocycles. The van der Waals surface area contributed by atoms with Crippen LogP contribution in [0, 0.1) is 0 Å². The van der Waals surface area contributed by atoms with Gasteiger partial charge in [-0.1, -0.05) is 0 Å². The Kier molecular flexibility index (Phi) is 2.47. The zero-order valence-electron chi connectivity index (χ0n) is 6.30. The molecule has 6 nitrogen and oxygen atoms in total. The minimum Gasteiger partial charge on any atom is -0.775 e. The van der Waals surface area contributed by atoms with E-state index in [1.807, 2.05) is 0 Å². The number of aromatic amines is 1. The molecule has 0 saturated carbocycles. The number of pyridine rings is 1. The van der Waals surface area contributed by atoms with Crippen LogP contribution < -0.4 is 15.2 Å². The predicted molar refractivity (Wildman–Crippen MR) is 39.4 cm³/mol. The van der Waals surface area contributed by atoms with Crippen molar-refractivity contribution in [2.24, 2.45) is 0 Å². The molecule has 0 bridgehead atoms. The minimum atomic E-state index is -4.54. The van der Waals surface area contributed by atoms with E-state index in [4.69, 9.17) is 10.00 Å². The van der Waals surface area contributed by atoms with Gasteiger partial charge in [0.2, 0.25) is 0 Å². The van der Waals surface area contributed by atoms with Gasteiger partial charge in [0, 0.05) is 6.07 Å². The summed E-state index contributed by atoms with van der Waals surface area (Å²) in [5.41, 5.74) is -0.155.